The van der Waals surface area contributed by atoms with Crippen molar-refractivity contribution in [2.24, 2.45) is 0 Å². The van der Waals surface area contributed by atoms with Crippen LogP contribution in [0.2, 0.25) is 0 Å². The largest absolute Gasteiger partial charge is 0.310 e. The van der Waals surface area contributed by atoms with E-state index in [4.69, 9.17) is 0 Å². The fraction of sp³-hybridized carbons (Fsp3) is 0. The number of rotatable bonds is 8. The summed E-state index contributed by atoms with van der Waals surface area (Å²) in [5.74, 6) is 0. The SMILES string of the molecule is c1ccc(-c2cccc(N(c3ccc(-c4cccc(-n5c6ccccc6c6ccccc65)c4)cc3)c3cc(-c4ccccc4)cc(-c4ccccc4)c3)c2)cc1. The van der Waals surface area contributed by atoms with Crippen LogP contribution in [0.25, 0.3) is 72.0 Å². The number of anilines is 3. The predicted octanol–water partition coefficient (Wildman–Crippen LogP) is 14.9. The minimum Gasteiger partial charge on any atom is -0.310 e. The monoisotopic (exact) mass is 714 g/mol. The van der Waals surface area contributed by atoms with Gasteiger partial charge in [0.15, 0.2) is 0 Å². The summed E-state index contributed by atoms with van der Waals surface area (Å²) in [6.45, 7) is 0. The Bertz CT molecular complexity index is 2830. The molecule has 0 aliphatic carbocycles. The lowest BCUT2D eigenvalue weighted by molar-refractivity contribution is 1.18. The highest BCUT2D eigenvalue weighted by Gasteiger charge is 2.18. The van der Waals surface area contributed by atoms with Gasteiger partial charge in [0.1, 0.15) is 0 Å². The number of fused-ring (bicyclic) bond motifs is 3. The lowest BCUT2D eigenvalue weighted by Crippen LogP contribution is -2.10. The molecule has 2 heteroatoms. The molecule has 2 nitrogen and oxygen atoms in total. The minimum atomic E-state index is 1.08. The molecular formula is C54H38N2. The molecule has 0 N–H and O–H groups in total. The van der Waals surface area contributed by atoms with E-state index in [0.29, 0.717) is 0 Å². The van der Waals surface area contributed by atoms with Crippen molar-refractivity contribution in [2.45, 2.75) is 0 Å². The second-order valence-corrected chi connectivity index (χ2v) is 14.2. The third kappa shape index (κ3) is 6.24. The van der Waals surface area contributed by atoms with E-state index in [1.54, 1.807) is 0 Å². The minimum absolute atomic E-state index is 1.08. The van der Waals surface area contributed by atoms with Crippen LogP contribution < -0.4 is 4.90 Å². The van der Waals surface area contributed by atoms with Crippen LogP contribution in [0.1, 0.15) is 0 Å². The molecule has 10 rings (SSSR count). The Balaban J connectivity index is 1.11. The van der Waals surface area contributed by atoms with Gasteiger partial charge in [0, 0.05) is 33.5 Å². The Morgan fingerprint density at radius 1 is 0.250 bits per heavy atom. The van der Waals surface area contributed by atoms with Gasteiger partial charge >= 0.3 is 0 Å². The first-order chi connectivity index (χ1) is 27.8. The van der Waals surface area contributed by atoms with E-state index in [2.05, 4.69) is 240 Å². The zero-order chi connectivity index (χ0) is 37.3. The molecule has 0 bridgehead atoms. The molecule has 9 aromatic carbocycles. The van der Waals surface area contributed by atoms with Crippen molar-refractivity contribution in [1.29, 1.82) is 0 Å². The molecule has 1 aromatic heterocycles. The number of nitrogens with zero attached hydrogens (tertiary/aromatic N) is 2. The summed E-state index contributed by atoms with van der Waals surface area (Å²) in [7, 11) is 0. The maximum Gasteiger partial charge on any atom is 0.0541 e. The highest BCUT2D eigenvalue weighted by atomic mass is 15.1. The van der Waals surface area contributed by atoms with Gasteiger partial charge in [-0.15, -0.1) is 0 Å². The second-order valence-electron chi connectivity index (χ2n) is 14.2. The number of benzene rings is 9. The first-order valence-corrected chi connectivity index (χ1v) is 19.2. The van der Waals surface area contributed by atoms with E-state index in [9.17, 15) is 0 Å². The normalized spacial score (nSPS) is 11.2. The molecule has 10 aromatic rings. The van der Waals surface area contributed by atoms with Crippen molar-refractivity contribution < 1.29 is 0 Å². The molecule has 0 fully saturated rings. The molecule has 264 valence electrons. The fourth-order valence-corrected chi connectivity index (χ4v) is 8.07. The van der Waals surface area contributed by atoms with Crippen LogP contribution in [0, 0.1) is 0 Å². The Morgan fingerprint density at radius 2 is 0.679 bits per heavy atom. The summed E-state index contributed by atoms with van der Waals surface area (Å²) in [6, 6.07) is 83.1. The van der Waals surface area contributed by atoms with E-state index in [1.807, 2.05) is 0 Å². The van der Waals surface area contributed by atoms with Crippen molar-refractivity contribution in [2.75, 3.05) is 4.90 Å². The zero-order valence-electron chi connectivity index (χ0n) is 30.8. The molecule has 0 atom stereocenters. The van der Waals surface area contributed by atoms with Crippen LogP contribution in [0.4, 0.5) is 17.1 Å². The van der Waals surface area contributed by atoms with Gasteiger partial charge in [0.25, 0.3) is 0 Å². The topological polar surface area (TPSA) is 8.17 Å². The van der Waals surface area contributed by atoms with Gasteiger partial charge in [0.2, 0.25) is 0 Å². The second kappa shape index (κ2) is 14.4. The van der Waals surface area contributed by atoms with Gasteiger partial charge in [-0.25, -0.2) is 0 Å². The zero-order valence-corrected chi connectivity index (χ0v) is 30.8. The third-order valence-corrected chi connectivity index (χ3v) is 10.7. The number of hydrogen-bond acceptors (Lipinski definition) is 1. The highest BCUT2D eigenvalue weighted by Crippen LogP contribution is 2.42. The lowest BCUT2D eigenvalue weighted by atomic mass is 9.97. The van der Waals surface area contributed by atoms with Gasteiger partial charge < -0.3 is 9.47 Å². The summed E-state index contributed by atoms with van der Waals surface area (Å²) in [6.07, 6.45) is 0. The van der Waals surface area contributed by atoms with Crippen LogP contribution in [0.5, 0.6) is 0 Å². The molecule has 0 aliphatic rings. The van der Waals surface area contributed by atoms with E-state index >= 15 is 0 Å². The van der Waals surface area contributed by atoms with Gasteiger partial charge in [-0.05, 0) is 111 Å². The molecular weight excluding hydrogens is 677 g/mol. The predicted molar refractivity (Wildman–Crippen MR) is 237 cm³/mol. The molecule has 0 amide bonds. The van der Waals surface area contributed by atoms with E-state index in [0.717, 1.165) is 28.3 Å². The first-order valence-electron chi connectivity index (χ1n) is 19.2. The van der Waals surface area contributed by atoms with Gasteiger partial charge in [-0.3, -0.25) is 0 Å². The van der Waals surface area contributed by atoms with E-state index < -0.39 is 0 Å². The molecule has 1 heterocycles. The molecule has 0 unspecified atom stereocenters. The molecule has 0 aliphatic heterocycles. The first kappa shape index (κ1) is 33.2. The Hall–Kier alpha value is -7.42. The Labute approximate surface area is 327 Å². The molecule has 0 radical (unpaired) electrons. The molecule has 0 saturated heterocycles. The summed E-state index contributed by atoms with van der Waals surface area (Å²) in [5.41, 5.74) is 16.3. The van der Waals surface area contributed by atoms with Crippen LogP contribution >= 0.6 is 0 Å². The van der Waals surface area contributed by atoms with Crippen molar-refractivity contribution in [1.82, 2.24) is 4.57 Å². The molecule has 56 heavy (non-hydrogen) atoms. The van der Waals surface area contributed by atoms with Crippen molar-refractivity contribution in [3.8, 4) is 50.2 Å². The quantitative estimate of drug-likeness (QED) is 0.152. The maximum absolute atomic E-state index is 2.39. The maximum atomic E-state index is 2.39. The standard InChI is InChI=1S/C54H38N2/c1-4-16-39(17-5-1)43-22-14-24-48(35-43)55(50-37-45(40-18-6-2-7-19-40)34-46(38-50)41-20-8-3-9-21-41)47-32-30-42(31-33-47)44-23-15-25-49(36-44)56-53-28-12-10-26-51(53)52-27-11-13-29-54(52)56/h1-38H. The number of aromatic nitrogens is 1. The Morgan fingerprint density at radius 3 is 1.25 bits per heavy atom. The summed E-state index contributed by atoms with van der Waals surface area (Å²) in [4.78, 5) is 2.39. The van der Waals surface area contributed by atoms with Crippen molar-refractivity contribution in [3.05, 3.63) is 231 Å². The van der Waals surface area contributed by atoms with Crippen LogP contribution in [0.15, 0.2) is 231 Å². The van der Waals surface area contributed by atoms with Crippen LogP contribution in [-0.2, 0) is 0 Å². The number of para-hydroxylation sites is 2. The fourth-order valence-electron chi connectivity index (χ4n) is 8.07. The average Bonchev–Trinajstić information content (AvgIpc) is 3.62. The van der Waals surface area contributed by atoms with Gasteiger partial charge in [-0.1, -0.05) is 164 Å². The molecule has 0 spiro atoms. The van der Waals surface area contributed by atoms with Crippen molar-refractivity contribution >= 4 is 38.9 Å². The summed E-state index contributed by atoms with van der Waals surface area (Å²) >= 11 is 0. The lowest BCUT2D eigenvalue weighted by Gasteiger charge is -2.27. The smallest absolute Gasteiger partial charge is 0.0541 e. The van der Waals surface area contributed by atoms with Crippen LogP contribution in [-0.4, -0.2) is 4.57 Å². The summed E-state index contributed by atoms with van der Waals surface area (Å²) < 4.78 is 2.38. The highest BCUT2D eigenvalue weighted by molar-refractivity contribution is 6.09. The number of hydrogen-bond donors (Lipinski definition) is 0. The van der Waals surface area contributed by atoms with E-state index in [-0.39, 0.29) is 0 Å². The Kier molecular flexibility index (Phi) is 8.55. The third-order valence-electron chi connectivity index (χ3n) is 10.7. The summed E-state index contributed by atoms with van der Waals surface area (Å²) in [5, 5.41) is 2.53. The van der Waals surface area contributed by atoms with E-state index in [1.165, 1.54) is 60.8 Å². The van der Waals surface area contributed by atoms with Gasteiger partial charge in [-0.2, -0.15) is 0 Å². The van der Waals surface area contributed by atoms with Gasteiger partial charge in [0.05, 0.1) is 11.0 Å². The van der Waals surface area contributed by atoms with Crippen LogP contribution in [0.3, 0.4) is 0 Å². The van der Waals surface area contributed by atoms with Crippen molar-refractivity contribution in [3.63, 3.8) is 0 Å². The average molecular weight is 715 g/mol. The molecule has 0 saturated carbocycles.